The third kappa shape index (κ3) is 3.69. The molecule has 0 spiro atoms. The van der Waals surface area contributed by atoms with Crippen molar-refractivity contribution in [2.45, 2.75) is 19.6 Å². The lowest BCUT2D eigenvalue weighted by atomic mass is 10.3. The molecule has 1 amide bonds. The van der Waals surface area contributed by atoms with Gasteiger partial charge in [0.05, 0.1) is 6.54 Å². The SMILES string of the molecule is CCC(O)N(C)C(=O)CN(C)C. The Hall–Kier alpha value is -0.610. The lowest BCUT2D eigenvalue weighted by molar-refractivity contribution is -0.139. The molecule has 0 bridgehead atoms. The van der Waals surface area contributed by atoms with Gasteiger partial charge in [0.1, 0.15) is 6.23 Å². The van der Waals surface area contributed by atoms with Crippen LogP contribution >= 0.6 is 0 Å². The smallest absolute Gasteiger partial charge is 0.238 e. The molecule has 0 fully saturated rings. The molecule has 0 aliphatic heterocycles. The third-order valence-corrected chi connectivity index (χ3v) is 1.66. The Morgan fingerprint density at radius 3 is 2.25 bits per heavy atom. The minimum absolute atomic E-state index is 0.0608. The average molecular weight is 174 g/mol. The summed E-state index contributed by atoms with van der Waals surface area (Å²) in [5, 5.41) is 9.30. The van der Waals surface area contributed by atoms with Crippen LogP contribution in [0.2, 0.25) is 0 Å². The van der Waals surface area contributed by atoms with Crippen molar-refractivity contribution in [2.75, 3.05) is 27.7 Å². The van der Waals surface area contributed by atoms with Crippen LogP contribution in [-0.4, -0.2) is 54.7 Å². The Labute approximate surface area is 73.8 Å². The van der Waals surface area contributed by atoms with Gasteiger partial charge in [0.25, 0.3) is 0 Å². The van der Waals surface area contributed by atoms with E-state index in [-0.39, 0.29) is 5.91 Å². The van der Waals surface area contributed by atoms with E-state index in [1.807, 2.05) is 21.0 Å². The quantitative estimate of drug-likeness (QED) is 0.597. The van der Waals surface area contributed by atoms with Crippen molar-refractivity contribution in [3.63, 3.8) is 0 Å². The van der Waals surface area contributed by atoms with Crippen LogP contribution in [0.5, 0.6) is 0 Å². The van der Waals surface area contributed by atoms with Crippen molar-refractivity contribution in [2.24, 2.45) is 0 Å². The predicted octanol–water partition coefficient (Wildman–Crippen LogP) is -0.265. The van der Waals surface area contributed by atoms with Gasteiger partial charge >= 0.3 is 0 Å². The number of nitrogens with zero attached hydrogens (tertiary/aromatic N) is 2. The molecule has 1 atom stereocenters. The third-order valence-electron chi connectivity index (χ3n) is 1.66. The Balaban J connectivity index is 3.92. The van der Waals surface area contributed by atoms with Gasteiger partial charge in [-0.25, -0.2) is 0 Å². The summed E-state index contributed by atoms with van der Waals surface area (Å²) >= 11 is 0. The van der Waals surface area contributed by atoms with E-state index in [9.17, 15) is 9.90 Å². The van der Waals surface area contributed by atoms with E-state index in [1.165, 1.54) is 4.90 Å². The van der Waals surface area contributed by atoms with Crippen LogP contribution in [0.3, 0.4) is 0 Å². The fourth-order valence-electron chi connectivity index (χ4n) is 0.822. The highest BCUT2D eigenvalue weighted by molar-refractivity contribution is 5.78. The Morgan fingerprint density at radius 1 is 1.42 bits per heavy atom. The van der Waals surface area contributed by atoms with Gasteiger partial charge < -0.3 is 14.9 Å². The topological polar surface area (TPSA) is 43.8 Å². The Morgan fingerprint density at radius 2 is 1.92 bits per heavy atom. The van der Waals surface area contributed by atoms with E-state index < -0.39 is 6.23 Å². The zero-order valence-corrected chi connectivity index (χ0v) is 8.24. The first-order chi connectivity index (χ1) is 5.49. The van der Waals surface area contributed by atoms with E-state index in [1.54, 1.807) is 11.9 Å². The molecule has 0 heterocycles. The number of carbonyl (C=O) groups excluding carboxylic acids is 1. The number of hydrogen-bond donors (Lipinski definition) is 1. The van der Waals surface area contributed by atoms with E-state index in [0.717, 1.165) is 0 Å². The average Bonchev–Trinajstić information content (AvgIpc) is 2.00. The maximum absolute atomic E-state index is 11.3. The van der Waals surface area contributed by atoms with E-state index in [0.29, 0.717) is 13.0 Å². The van der Waals surface area contributed by atoms with Gasteiger partial charge in [0, 0.05) is 7.05 Å². The summed E-state index contributed by atoms with van der Waals surface area (Å²) in [6.45, 7) is 2.18. The van der Waals surface area contributed by atoms with Crippen LogP contribution in [0, 0.1) is 0 Å². The van der Waals surface area contributed by atoms with E-state index in [2.05, 4.69) is 0 Å². The van der Waals surface area contributed by atoms with Crippen molar-refractivity contribution in [3.8, 4) is 0 Å². The zero-order valence-electron chi connectivity index (χ0n) is 8.24. The van der Waals surface area contributed by atoms with Crippen LogP contribution < -0.4 is 0 Å². The molecule has 72 valence electrons. The number of aliphatic hydroxyl groups is 1. The molecule has 12 heavy (non-hydrogen) atoms. The van der Waals surface area contributed by atoms with Crippen LogP contribution in [0.1, 0.15) is 13.3 Å². The van der Waals surface area contributed by atoms with Gasteiger partial charge in [-0.3, -0.25) is 4.79 Å². The second-order valence-electron chi connectivity index (χ2n) is 3.13. The van der Waals surface area contributed by atoms with Crippen molar-refractivity contribution in [1.82, 2.24) is 9.80 Å². The van der Waals surface area contributed by atoms with Gasteiger partial charge in [0.2, 0.25) is 5.91 Å². The first kappa shape index (κ1) is 11.4. The van der Waals surface area contributed by atoms with Crippen molar-refractivity contribution in [1.29, 1.82) is 0 Å². The molecule has 0 aromatic rings. The van der Waals surface area contributed by atoms with Gasteiger partial charge in [-0.1, -0.05) is 6.92 Å². The number of amides is 1. The largest absolute Gasteiger partial charge is 0.374 e. The lowest BCUT2D eigenvalue weighted by Gasteiger charge is -2.23. The Bertz CT molecular complexity index is 148. The summed E-state index contributed by atoms with van der Waals surface area (Å²) in [6, 6.07) is 0. The second-order valence-corrected chi connectivity index (χ2v) is 3.13. The normalized spacial score (nSPS) is 13.2. The maximum atomic E-state index is 11.3. The molecule has 0 saturated heterocycles. The molecular formula is C8H18N2O2. The molecule has 1 N–H and O–H groups in total. The van der Waals surface area contributed by atoms with Crippen molar-refractivity contribution >= 4 is 5.91 Å². The molecule has 0 rings (SSSR count). The number of hydrogen-bond acceptors (Lipinski definition) is 3. The monoisotopic (exact) mass is 174 g/mol. The summed E-state index contributed by atoms with van der Waals surface area (Å²) < 4.78 is 0. The summed E-state index contributed by atoms with van der Waals surface area (Å²) in [5.41, 5.74) is 0. The number of rotatable bonds is 4. The minimum atomic E-state index is -0.655. The minimum Gasteiger partial charge on any atom is -0.374 e. The molecule has 0 aromatic carbocycles. The highest BCUT2D eigenvalue weighted by Crippen LogP contribution is 1.97. The molecule has 1 unspecified atom stereocenters. The number of likely N-dealkylation sites (N-methyl/N-ethyl adjacent to an activating group) is 2. The van der Waals surface area contributed by atoms with Crippen LogP contribution in [-0.2, 0) is 4.79 Å². The zero-order chi connectivity index (χ0) is 9.72. The predicted molar refractivity (Wildman–Crippen MR) is 47.6 cm³/mol. The van der Waals surface area contributed by atoms with Crippen molar-refractivity contribution in [3.05, 3.63) is 0 Å². The summed E-state index contributed by atoms with van der Waals surface area (Å²) in [7, 11) is 5.26. The van der Waals surface area contributed by atoms with Gasteiger partial charge in [-0.2, -0.15) is 0 Å². The molecule has 4 nitrogen and oxygen atoms in total. The molecule has 0 aliphatic carbocycles. The fourth-order valence-corrected chi connectivity index (χ4v) is 0.822. The van der Waals surface area contributed by atoms with Gasteiger partial charge in [-0.05, 0) is 20.5 Å². The number of aliphatic hydroxyl groups excluding tert-OH is 1. The number of carbonyl (C=O) groups is 1. The highest BCUT2D eigenvalue weighted by atomic mass is 16.3. The van der Waals surface area contributed by atoms with E-state index in [4.69, 9.17) is 0 Å². The molecule has 0 saturated carbocycles. The standard InChI is InChI=1S/C8H18N2O2/c1-5-7(11)10(4)8(12)6-9(2)3/h7,11H,5-6H2,1-4H3. The second kappa shape index (κ2) is 5.11. The Kier molecular flexibility index (Phi) is 4.85. The summed E-state index contributed by atoms with van der Waals surface area (Å²) in [6.07, 6.45) is -0.0900. The first-order valence-electron chi connectivity index (χ1n) is 4.07. The lowest BCUT2D eigenvalue weighted by Crippen LogP contribution is -2.41. The highest BCUT2D eigenvalue weighted by Gasteiger charge is 2.15. The van der Waals surface area contributed by atoms with Gasteiger partial charge in [0.15, 0.2) is 0 Å². The molecular weight excluding hydrogens is 156 g/mol. The van der Waals surface area contributed by atoms with E-state index >= 15 is 0 Å². The molecule has 4 heteroatoms. The van der Waals surface area contributed by atoms with Crippen molar-refractivity contribution < 1.29 is 9.90 Å². The maximum Gasteiger partial charge on any atom is 0.238 e. The van der Waals surface area contributed by atoms with Crippen LogP contribution in [0.25, 0.3) is 0 Å². The fraction of sp³-hybridized carbons (Fsp3) is 0.875. The first-order valence-corrected chi connectivity index (χ1v) is 4.07. The molecule has 0 aromatic heterocycles. The van der Waals surface area contributed by atoms with Crippen LogP contribution in [0.15, 0.2) is 0 Å². The molecule has 0 aliphatic rings. The summed E-state index contributed by atoms with van der Waals surface area (Å²) in [5.74, 6) is -0.0608. The molecule has 0 radical (unpaired) electrons. The van der Waals surface area contributed by atoms with Gasteiger partial charge in [-0.15, -0.1) is 0 Å². The van der Waals surface area contributed by atoms with Crippen LogP contribution in [0.4, 0.5) is 0 Å². The summed E-state index contributed by atoms with van der Waals surface area (Å²) in [4.78, 5) is 14.4.